The van der Waals surface area contributed by atoms with Crippen molar-refractivity contribution in [1.82, 2.24) is 0 Å². The van der Waals surface area contributed by atoms with E-state index in [0.717, 1.165) is 0 Å². The number of carbonyl (C=O) groups excluding carboxylic acids is 1. The Morgan fingerprint density at radius 3 is 2.61 bits per heavy atom. The lowest BCUT2D eigenvalue weighted by Crippen LogP contribution is -2.25. The van der Waals surface area contributed by atoms with Gasteiger partial charge in [-0.25, -0.2) is 0 Å². The molecule has 0 bridgehead atoms. The summed E-state index contributed by atoms with van der Waals surface area (Å²) in [5.41, 5.74) is 11.5. The summed E-state index contributed by atoms with van der Waals surface area (Å²) in [5, 5.41) is 0. The summed E-state index contributed by atoms with van der Waals surface area (Å²) in [7, 11) is 1.64. The molecule has 5 heteroatoms. The second-order valence-corrected chi connectivity index (χ2v) is 4.65. The number of carbonyl (C=O) groups is 1. The van der Waals surface area contributed by atoms with Crippen LogP contribution in [0.25, 0.3) is 0 Å². The van der Waals surface area contributed by atoms with Crippen LogP contribution in [0, 0.1) is 0 Å². The molecule has 1 aromatic rings. The van der Waals surface area contributed by atoms with Crippen molar-refractivity contribution in [3.63, 3.8) is 0 Å². The minimum atomic E-state index is -0.552. The topological polar surface area (TPSA) is 87.6 Å². The number of hydrogen-bond donors (Lipinski definition) is 2. The molecule has 5 nitrogen and oxygen atoms in total. The summed E-state index contributed by atoms with van der Waals surface area (Å²) in [6, 6.07) is 4.93. The smallest absolute Gasteiger partial charge is 0.252 e. The van der Waals surface area contributed by atoms with Crippen LogP contribution in [0.3, 0.4) is 0 Å². The molecule has 0 atom stereocenters. The molecule has 0 saturated heterocycles. The molecule has 0 aliphatic carbocycles. The summed E-state index contributed by atoms with van der Waals surface area (Å²) >= 11 is 0. The fourth-order valence-electron chi connectivity index (χ4n) is 1.41. The third-order valence-corrected chi connectivity index (χ3v) is 2.81. The van der Waals surface area contributed by atoms with Crippen LogP contribution in [0.1, 0.15) is 30.6 Å². The Balaban J connectivity index is 2.76. The van der Waals surface area contributed by atoms with Crippen LogP contribution in [0.5, 0.6) is 5.75 Å². The standard InChI is InChI=1S/C13H20N2O3/c1-13(2,17-3)7-8-18-11-9(12(15)16)5-4-6-10(11)14/h4-6H,7-8,14H2,1-3H3,(H2,15,16). The number of para-hydroxylation sites is 1. The van der Waals surface area contributed by atoms with Crippen LogP contribution < -0.4 is 16.2 Å². The molecule has 0 radical (unpaired) electrons. The van der Waals surface area contributed by atoms with Gasteiger partial charge in [-0.1, -0.05) is 6.07 Å². The van der Waals surface area contributed by atoms with Crippen LogP contribution in [-0.4, -0.2) is 25.2 Å². The highest BCUT2D eigenvalue weighted by Crippen LogP contribution is 2.26. The van der Waals surface area contributed by atoms with Crippen molar-refractivity contribution in [3.05, 3.63) is 23.8 Å². The number of ether oxygens (including phenoxy) is 2. The van der Waals surface area contributed by atoms with Gasteiger partial charge >= 0.3 is 0 Å². The zero-order valence-electron chi connectivity index (χ0n) is 11.0. The molecule has 1 aromatic carbocycles. The Kier molecular flexibility index (Phi) is 4.55. The van der Waals surface area contributed by atoms with Gasteiger partial charge in [-0.2, -0.15) is 0 Å². The summed E-state index contributed by atoms with van der Waals surface area (Å²) in [4.78, 5) is 11.3. The molecule has 0 saturated carbocycles. The van der Waals surface area contributed by atoms with E-state index in [1.807, 2.05) is 13.8 Å². The number of methoxy groups -OCH3 is 1. The van der Waals surface area contributed by atoms with Crippen molar-refractivity contribution in [2.75, 3.05) is 19.5 Å². The zero-order chi connectivity index (χ0) is 13.8. The second-order valence-electron chi connectivity index (χ2n) is 4.65. The largest absolute Gasteiger partial charge is 0.490 e. The van der Waals surface area contributed by atoms with Gasteiger partial charge in [0, 0.05) is 13.5 Å². The molecule has 0 fully saturated rings. The fraction of sp³-hybridized carbons (Fsp3) is 0.462. The van der Waals surface area contributed by atoms with Gasteiger partial charge in [-0.3, -0.25) is 4.79 Å². The zero-order valence-corrected chi connectivity index (χ0v) is 11.0. The van der Waals surface area contributed by atoms with Crippen molar-refractivity contribution in [2.24, 2.45) is 5.73 Å². The van der Waals surface area contributed by atoms with E-state index in [9.17, 15) is 4.79 Å². The Labute approximate surface area is 107 Å². The second kappa shape index (κ2) is 5.73. The number of nitrogen functional groups attached to an aromatic ring is 1. The van der Waals surface area contributed by atoms with Gasteiger partial charge in [0.2, 0.25) is 0 Å². The van der Waals surface area contributed by atoms with Crippen molar-refractivity contribution in [1.29, 1.82) is 0 Å². The molecule has 0 aliphatic rings. The van der Waals surface area contributed by atoms with Gasteiger partial charge in [0.05, 0.1) is 23.5 Å². The molecule has 0 spiro atoms. The first-order valence-corrected chi connectivity index (χ1v) is 5.73. The monoisotopic (exact) mass is 252 g/mol. The van der Waals surface area contributed by atoms with Crippen molar-refractivity contribution < 1.29 is 14.3 Å². The molecular weight excluding hydrogens is 232 g/mol. The highest BCUT2D eigenvalue weighted by molar-refractivity contribution is 5.97. The molecule has 4 N–H and O–H groups in total. The van der Waals surface area contributed by atoms with Crippen LogP contribution in [-0.2, 0) is 4.74 Å². The number of hydrogen-bond acceptors (Lipinski definition) is 4. The Morgan fingerprint density at radius 2 is 2.06 bits per heavy atom. The van der Waals surface area contributed by atoms with Crippen LogP contribution in [0.4, 0.5) is 5.69 Å². The number of anilines is 1. The SMILES string of the molecule is COC(C)(C)CCOc1c(N)cccc1C(N)=O. The average molecular weight is 252 g/mol. The summed E-state index contributed by atoms with van der Waals surface area (Å²) in [6.45, 7) is 4.31. The number of nitrogens with two attached hydrogens (primary N) is 2. The lowest BCUT2D eigenvalue weighted by molar-refractivity contribution is 0.00547. The van der Waals surface area contributed by atoms with E-state index in [0.29, 0.717) is 30.0 Å². The third kappa shape index (κ3) is 3.63. The molecule has 0 aromatic heterocycles. The van der Waals surface area contributed by atoms with E-state index in [-0.39, 0.29) is 5.60 Å². The van der Waals surface area contributed by atoms with Crippen LogP contribution in [0.15, 0.2) is 18.2 Å². The Hall–Kier alpha value is -1.75. The third-order valence-electron chi connectivity index (χ3n) is 2.81. The fourth-order valence-corrected chi connectivity index (χ4v) is 1.41. The quantitative estimate of drug-likeness (QED) is 0.752. The van der Waals surface area contributed by atoms with E-state index in [4.69, 9.17) is 20.9 Å². The molecule has 0 unspecified atom stereocenters. The summed E-state index contributed by atoms with van der Waals surface area (Å²) < 4.78 is 10.8. The lowest BCUT2D eigenvalue weighted by Gasteiger charge is -2.23. The molecule has 1 rings (SSSR count). The Bertz CT molecular complexity index is 430. The van der Waals surface area contributed by atoms with E-state index < -0.39 is 5.91 Å². The van der Waals surface area contributed by atoms with Gasteiger partial charge in [-0.15, -0.1) is 0 Å². The summed E-state index contributed by atoms with van der Waals surface area (Å²) in [6.07, 6.45) is 0.677. The summed E-state index contributed by atoms with van der Waals surface area (Å²) in [5.74, 6) is -0.208. The highest BCUT2D eigenvalue weighted by Gasteiger charge is 2.18. The number of benzene rings is 1. The average Bonchev–Trinajstić information content (AvgIpc) is 2.30. The minimum Gasteiger partial charge on any atom is -0.490 e. The minimum absolute atomic E-state index is 0.281. The molecule has 1 amide bonds. The maximum absolute atomic E-state index is 11.3. The number of rotatable bonds is 6. The van der Waals surface area contributed by atoms with E-state index in [1.165, 1.54) is 0 Å². The van der Waals surface area contributed by atoms with Gasteiger partial charge in [0.15, 0.2) is 5.75 Å². The number of primary amides is 1. The van der Waals surface area contributed by atoms with Gasteiger partial charge < -0.3 is 20.9 Å². The van der Waals surface area contributed by atoms with Gasteiger partial charge in [-0.05, 0) is 26.0 Å². The first kappa shape index (κ1) is 14.3. The van der Waals surface area contributed by atoms with E-state index >= 15 is 0 Å². The van der Waals surface area contributed by atoms with Crippen LogP contribution >= 0.6 is 0 Å². The van der Waals surface area contributed by atoms with E-state index in [2.05, 4.69) is 0 Å². The van der Waals surface area contributed by atoms with Gasteiger partial charge in [0.1, 0.15) is 0 Å². The van der Waals surface area contributed by atoms with Crippen molar-refractivity contribution in [2.45, 2.75) is 25.9 Å². The maximum atomic E-state index is 11.3. The lowest BCUT2D eigenvalue weighted by atomic mass is 10.1. The highest BCUT2D eigenvalue weighted by atomic mass is 16.5. The predicted molar refractivity (Wildman–Crippen MR) is 70.6 cm³/mol. The molecule has 0 aliphatic heterocycles. The predicted octanol–water partition coefficient (Wildman–Crippen LogP) is 1.56. The first-order valence-electron chi connectivity index (χ1n) is 5.73. The molecule has 0 heterocycles. The van der Waals surface area contributed by atoms with E-state index in [1.54, 1.807) is 25.3 Å². The van der Waals surface area contributed by atoms with Crippen molar-refractivity contribution >= 4 is 11.6 Å². The molecular formula is C13H20N2O3. The molecule has 18 heavy (non-hydrogen) atoms. The van der Waals surface area contributed by atoms with Crippen LogP contribution in [0.2, 0.25) is 0 Å². The van der Waals surface area contributed by atoms with Gasteiger partial charge in [0.25, 0.3) is 5.91 Å². The Morgan fingerprint density at radius 1 is 1.39 bits per heavy atom. The first-order chi connectivity index (χ1) is 8.37. The normalized spacial score (nSPS) is 11.3. The molecule has 100 valence electrons. The van der Waals surface area contributed by atoms with Crippen molar-refractivity contribution in [3.8, 4) is 5.75 Å². The number of amides is 1. The maximum Gasteiger partial charge on any atom is 0.252 e.